The van der Waals surface area contributed by atoms with Gasteiger partial charge in [0.25, 0.3) is 5.91 Å². The van der Waals surface area contributed by atoms with Gasteiger partial charge in [0.2, 0.25) is 0 Å². The van der Waals surface area contributed by atoms with Crippen molar-refractivity contribution < 1.29 is 9.90 Å². The standard InChI is InChI=1S/C16H20N2O2/c17-12-16(10-6-2-1-3-7-11-16)18-15(20)13-8-4-5-9-14(13)19/h4-5,8-9,19H,1-3,6-7,10-11H2,(H,18,20). The number of para-hydroxylation sites is 1. The summed E-state index contributed by atoms with van der Waals surface area (Å²) >= 11 is 0. The summed E-state index contributed by atoms with van der Waals surface area (Å²) < 4.78 is 0. The molecule has 20 heavy (non-hydrogen) atoms. The molecule has 1 saturated carbocycles. The minimum Gasteiger partial charge on any atom is -0.507 e. The molecule has 1 aromatic rings. The highest BCUT2D eigenvalue weighted by Crippen LogP contribution is 2.27. The van der Waals surface area contributed by atoms with Gasteiger partial charge in [-0.15, -0.1) is 0 Å². The average molecular weight is 272 g/mol. The molecule has 1 amide bonds. The zero-order chi connectivity index (χ0) is 14.4. The number of aromatic hydroxyl groups is 1. The largest absolute Gasteiger partial charge is 0.507 e. The molecule has 0 bridgehead atoms. The molecule has 1 aromatic carbocycles. The van der Waals surface area contributed by atoms with E-state index in [1.54, 1.807) is 18.2 Å². The summed E-state index contributed by atoms with van der Waals surface area (Å²) in [5.41, 5.74) is -0.566. The number of nitrogens with zero attached hydrogens (tertiary/aromatic N) is 1. The first-order chi connectivity index (χ1) is 9.67. The van der Waals surface area contributed by atoms with Crippen molar-refractivity contribution in [3.8, 4) is 11.8 Å². The van der Waals surface area contributed by atoms with E-state index in [-0.39, 0.29) is 17.2 Å². The Morgan fingerprint density at radius 2 is 1.75 bits per heavy atom. The van der Waals surface area contributed by atoms with Gasteiger partial charge < -0.3 is 10.4 Å². The highest BCUT2D eigenvalue weighted by Gasteiger charge is 2.32. The van der Waals surface area contributed by atoms with E-state index in [1.165, 1.54) is 12.5 Å². The van der Waals surface area contributed by atoms with Gasteiger partial charge >= 0.3 is 0 Å². The van der Waals surface area contributed by atoms with E-state index < -0.39 is 5.54 Å². The van der Waals surface area contributed by atoms with Gasteiger partial charge in [-0.3, -0.25) is 4.79 Å². The maximum absolute atomic E-state index is 12.3. The molecule has 0 saturated heterocycles. The number of nitriles is 1. The molecule has 0 aromatic heterocycles. The number of phenols is 1. The minimum absolute atomic E-state index is 0.0519. The quantitative estimate of drug-likeness (QED) is 0.868. The van der Waals surface area contributed by atoms with Crippen molar-refractivity contribution in [3.05, 3.63) is 29.8 Å². The van der Waals surface area contributed by atoms with E-state index in [9.17, 15) is 15.2 Å². The van der Waals surface area contributed by atoms with E-state index in [0.29, 0.717) is 12.8 Å². The Morgan fingerprint density at radius 3 is 2.35 bits per heavy atom. The van der Waals surface area contributed by atoms with E-state index >= 15 is 0 Å². The average Bonchev–Trinajstić information content (AvgIpc) is 2.42. The lowest BCUT2D eigenvalue weighted by atomic mass is 9.85. The summed E-state index contributed by atoms with van der Waals surface area (Å²) in [6, 6.07) is 8.71. The Morgan fingerprint density at radius 1 is 1.15 bits per heavy atom. The molecular formula is C16H20N2O2. The number of phenolic OH excluding ortho intramolecular Hbond substituents is 1. The van der Waals surface area contributed by atoms with Gasteiger partial charge in [-0.2, -0.15) is 5.26 Å². The molecule has 1 aliphatic carbocycles. The van der Waals surface area contributed by atoms with Crippen LogP contribution in [0.1, 0.15) is 55.3 Å². The number of hydrogen-bond acceptors (Lipinski definition) is 3. The van der Waals surface area contributed by atoms with Crippen LogP contribution in [0.4, 0.5) is 0 Å². The molecule has 106 valence electrons. The molecule has 0 unspecified atom stereocenters. The first-order valence-electron chi connectivity index (χ1n) is 7.19. The summed E-state index contributed by atoms with van der Waals surface area (Å²) in [5, 5.41) is 22.1. The molecule has 1 aliphatic rings. The van der Waals surface area contributed by atoms with Gasteiger partial charge in [-0.1, -0.05) is 44.2 Å². The molecule has 0 spiro atoms. The van der Waals surface area contributed by atoms with Crippen molar-refractivity contribution in [2.45, 2.75) is 50.5 Å². The Balaban J connectivity index is 2.14. The lowest BCUT2D eigenvalue weighted by Crippen LogP contribution is -2.47. The van der Waals surface area contributed by atoms with Gasteiger partial charge in [0.1, 0.15) is 11.3 Å². The lowest BCUT2D eigenvalue weighted by molar-refractivity contribution is 0.0905. The van der Waals surface area contributed by atoms with Crippen LogP contribution < -0.4 is 5.32 Å². The van der Waals surface area contributed by atoms with Crippen LogP contribution in [0.15, 0.2) is 24.3 Å². The molecule has 2 N–H and O–H groups in total. The van der Waals surface area contributed by atoms with E-state index in [1.807, 2.05) is 0 Å². The summed E-state index contributed by atoms with van der Waals surface area (Å²) in [6.07, 6.45) is 6.69. The number of carbonyl (C=O) groups excluding carboxylic acids is 1. The van der Waals surface area contributed by atoms with Crippen LogP contribution in [0.25, 0.3) is 0 Å². The Labute approximate surface area is 119 Å². The van der Waals surface area contributed by atoms with Crippen molar-refractivity contribution in [1.29, 1.82) is 5.26 Å². The Kier molecular flexibility index (Phi) is 4.62. The SMILES string of the molecule is N#CC1(NC(=O)c2ccccc2O)CCCCCCC1. The molecule has 0 aliphatic heterocycles. The Hall–Kier alpha value is -2.02. The monoisotopic (exact) mass is 272 g/mol. The summed E-state index contributed by atoms with van der Waals surface area (Å²) in [7, 11) is 0. The van der Waals surface area contributed by atoms with Crippen LogP contribution in [0.5, 0.6) is 5.75 Å². The second-order valence-electron chi connectivity index (χ2n) is 5.43. The van der Waals surface area contributed by atoms with Crippen LogP contribution in [0, 0.1) is 11.3 Å². The van der Waals surface area contributed by atoms with Crippen LogP contribution in [0.2, 0.25) is 0 Å². The molecule has 1 fully saturated rings. The van der Waals surface area contributed by atoms with E-state index in [2.05, 4.69) is 11.4 Å². The van der Waals surface area contributed by atoms with Gasteiger partial charge in [0.05, 0.1) is 11.6 Å². The fourth-order valence-electron chi connectivity index (χ4n) is 2.72. The Bertz CT molecular complexity index is 511. The topological polar surface area (TPSA) is 73.1 Å². The van der Waals surface area contributed by atoms with Gasteiger partial charge in [-0.25, -0.2) is 0 Å². The third-order valence-electron chi connectivity index (χ3n) is 3.92. The number of carbonyl (C=O) groups is 1. The summed E-state index contributed by atoms with van der Waals surface area (Å²) in [5.74, 6) is -0.422. The van der Waals surface area contributed by atoms with Crippen molar-refractivity contribution in [2.24, 2.45) is 0 Å². The van der Waals surface area contributed by atoms with Gasteiger partial charge in [0.15, 0.2) is 0 Å². The van der Waals surface area contributed by atoms with Crippen LogP contribution >= 0.6 is 0 Å². The predicted octanol–water partition coefficient (Wildman–Crippen LogP) is 3.13. The molecule has 4 nitrogen and oxygen atoms in total. The third kappa shape index (κ3) is 3.30. The fourth-order valence-corrected chi connectivity index (χ4v) is 2.72. The summed E-state index contributed by atoms with van der Waals surface area (Å²) in [4.78, 5) is 12.3. The van der Waals surface area contributed by atoms with Crippen LogP contribution in [-0.4, -0.2) is 16.6 Å². The normalized spacial score (nSPS) is 18.4. The van der Waals surface area contributed by atoms with Gasteiger partial charge in [-0.05, 0) is 25.0 Å². The molecule has 2 rings (SSSR count). The van der Waals surface area contributed by atoms with Crippen molar-refractivity contribution in [3.63, 3.8) is 0 Å². The third-order valence-corrected chi connectivity index (χ3v) is 3.92. The highest BCUT2D eigenvalue weighted by atomic mass is 16.3. The van der Waals surface area contributed by atoms with Gasteiger partial charge in [0, 0.05) is 0 Å². The summed E-state index contributed by atoms with van der Waals surface area (Å²) in [6.45, 7) is 0. The zero-order valence-electron chi connectivity index (χ0n) is 11.6. The predicted molar refractivity (Wildman–Crippen MR) is 76.2 cm³/mol. The number of nitrogens with one attached hydrogen (secondary N) is 1. The minimum atomic E-state index is -0.792. The number of rotatable bonds is 2. The second-order valence-corrected chi connectivity index (χ2v) is 5.43. The first-order valence-corrected chi connectivity index (χ1v) is 7.19. The fraction of sp³-hybridized carbons (Fsp3) is 0.500. The zero-order valence-corrected chi connectivity index (χ0v) is 11.6. The van der Waals surface area contributed by atoms with E-state index in [4.69, 9.17) is 0 Å². The smallest absolute Gasteiger partial charge is 0.256 e. The second kappa shape index (κ2) is 6.42. The molecule has 0 heterocycles. The van der Waals surface area contributed by atoms with Crippen molar-refractivity contribution in [1.82, 2.24) is 5.32 Å². The number of amides is 1. The molecular weight excluding hydrogens is 252 g/mol. The number of benzene rings is 1. The molecule has 0 radical (unpaired) electrons. The van der Waals surface area contributed by atoms with E-state index in [0.717, 1.165) is 25.7 Å². The number of hydrogen-bond donors (Lipinski definition) is 2. The van der Waals surface area contributed by atoms with Crippen LogP contribution in [0.3, 0.4) is 0 Å². The van der Waals surface area contributed by atoms with Crippen molar-refractivity contribution >= 4 is 5.91 Å². The molecule has 0 atom stereocenters. The molecule has 4 heteroatoms. The lowest BCUT2D eigenvalue weighted by Gasteiger charge is -2.29. The van der Waals surface area contributed by atoms with Crippen LogP contribution in [-0.2, 0) is 0 Å². The first kappa shape index (κ1) is 14.4. The van der Waals surface area contributed by atoms with Crippen molar-refractivity contribution in [2.75, 3.05) is 0 Å². The highest BCUT2D eigenvalue weighted by molar-refractivity contribution is 5.97. The maximum atomic E-state index is 12.3. The maximum Gasteiger partial charge on any atom is 0.256 e.